The zero-order chi connectivity index (χ0) is 20.1. The summed E-state index contributed by atoms with van der Waals surface area (Å²) in [7, 11) is 0. The third-order valence-corrected chi connectivity index (χ3v) is 4.55. The van der Waals surface area contributed by atoms with E-state index >= 15 is 0 Å². The van der Waals surface area contributed by atoms with Gasteiger partial charge in [0.2, 0.25) is 0 Å². The van der Waals surface area contributed by atoms with Gasteiger partial charge in [-0.1, -0.05) is 12.1 Å². The van der Waals surface area contributed by atoms with E-state index in [0.29, 0.717) is 37.3 Å². The maximum absolute atomic E-state index is 12.4. The zero-order valence-electron chi connectivity index (χ0n) is 17.2. The van der Waals surface area contributed by atoms with Gasteiger partial charge in [0, 0.05) is 19.6 Å². The minimum absolute atomic E-state index is 0.238. The molecule has 1 aromatic carbocycles. The number of piperidine rings is 1. The molecule has 7 heteroatoms. The van der Waals surface area contributed by atoms with Crippen molar-refractivity contribution in [3.05, 3.63) is 24.3 Å². The van der Waals surface area contributed by atoms with Gasteiger partial charge in [-0.25, -0.2) is 14.8 Å². The topological polar surface area (TPSA) is 76.6 Å². The SMILES string of the molecule is CCOc1nc2ccccc2nc1NCC1CCCN(C(=O)OC(C)(C)C)C1. The van der Waals surface area contributed by atoms with E-state index in [2.05, 4.69) is 15.3 Å². The van der Waals surface area contributed by atoms with Gasteiger partial charge in [0.05, 0.1) is 17.6 Å². The van der Waals surface area contributed by atoms with Crippen LogP contribution in [0.15, 0.2) is 24.3 Å². The molecule has 1 fully saturated rings. The van der Waals surface area contributed by atoms with Crippen molar-refractivity contribution in [3.63, 3.8) is 0 Å². The summed E-state index contributed by atoms with van der Waals surface area (Å²) in [6, 6.07) is 7.75. The Kier molecular flexibility index (Phi) is 6.21. The number of aromatic nitrogens is 2. The van der Waals surface area contributed by atoms with E-state index in [0.717, 1.165) is 30.4 Å². The van der Waals surface area contributed by atoms with Crippen LogP contribution in [0.1, 0.15) is 40.5 Å². The first-order chi connectivity index (χ1) is 13.4. The van der Waals surface area contributed by atoms with Crippen molar-refractivity contribution in [1.29, 1.82) is 0 Å². The summed E-state index contributed by atoms with van der Waals surface area (Å²) < 4.78 is 11.2. The van der Waals surface area contributed by atoms with Crippen LogP contribution in [0, 0.1) is 5.92 Å². The molecular formula is C21H30N4O3. The number of para-hydroxylation sites is 2. The van der Waals surface area contributed by atoms with Crippen LogP contribution in [-0.4, -0.2) is 52.8 Å². The number of fused-ring (bicyclic) bond motifs is 1. The first-order valence-corrected chi connectivity index (χ1v) is 9.97. The lowest BCUT2D eigenvalue weighted by Crippen LogP contribution is -2.44. The van der Waals surface area contributed by atoms with Crippen molar-refractivity contribution in [2.45, 2.75) is 46.1 Å². The number of ether oxygens (including phenoxy) is 2. The summed E-state index contributed by atoms with van der Waals surface area (Å²) in [5.74, 6) is 1.49. The molecule has 1 N–H and O–H groups in total. The third-order valence-electron chi connectivity index (χ3n) is 4.55. The second kappa shape index (κ2) is 8.63. The molecule has 1 aliphatic rings. The maximum atomic E-state index is 12.4. The summed E-state index contributed by atoms with van der Waals surface area (Å²) in [6.45, 7) is 10.2. The molecular weight excluding hydrogens is 356 g/mol. The van der Waals surface area contributed by atoms with Crippen molar-refractivity contribution < 1.29 is 14.3 Å². The molecule has 3 rings (SSSR count). The number of anilines is 1. The Morgan fingerprint density at radius 2 is 1.96 bits per heavy atom. The van der Waals surface area contributed by atoms with Gasteiger partial charge in [-0.3, -0.25) is 0 Å². The van der Waals surface area contributed by atoms with Crippen molar-refractivity contribution >= 4 is 22.9 Å². The lowest BCUT2D eigenvalue weighted by molar-refractivity contribution is 0.0172. The van der Waals surface area contributed by atoms with Gasteiger partial charge in [0.15, 0.2) is 5.82 Å². The second-order valence-corrected chi connectivity index (χ2v) is 8.11. The molecule has 0 radical (unpaired) electrons. The highest BCUT2D eigenvalue weighted by molar-refractivity contribution is 5.77. The number of rotatable bonds is 5. The molecule has 0 aliphatic carbocycles. The molecule has 0 spiro atoms. The number of carbonyl (C=O) groups is 1. The molecule has 0 bridgehead atoms. The molecule has 28 heavy (non-hydrogen) atoms. The molecule has 1 aromatic heterocycles. The van der Waals surface area contributed by atoms with E-state index in [9.17, 15) is 4.79 Å². The van der Waals surface area contributed by atoms with Gasteiger partial charge in [-0.05, 0) is 58.6 Å². The van der Waals surface area contributed by atoms with E-state index < -0.39 is 5.60 Å². The molecule has 1 amide bonds. The zero-order valence-corrected chi connectivity index (χ0v) is 17.2. The second-order valence-electron chi connectivity index (χ2n) is 8.11. The van der Waals surface area contributed by atoms with Crippen LogP contribution in [0.3, 0.4) is 0 Å². The van der Waals surface area contributed by atoms with Crippen molar-refractivity contribution in [1.82, 2.24) is 14.9 Å². The van der Waals surface area contributed by atoms with Crippen LogP contribution in [0.2, 0.25) is 0 Å². The summed E-state index contributed by atoms with van der Waals surface area (Å²) in [5, 5.41) is 3.39. The number of carbonyl (C=O) groups excluding carboxylic acids is 1. The quantitative estimate of drug-likeness (QED) is 0.834. The average Bonchev–Trinajstić information content (AvgIpc) is 2.65. The van der Waals surface area contributed by atoms with Crippen LogP contribution in [0.4, 0.5) is 10.6 Å². The minimum atomic E-state index is -0.477. The lowest BCUT2D eigenvalue weighted by atomic mass is 9.98. The van der Waals surface area contributed by atoms with Gasteiger partial charge in [-0.2, -0.15) is 0 Å². The van der Waals surface area contributed by atoms with Crippen LogP contribution < -0.4 is 10.1 Å². The first kappa shape index (κ1) is 20.2. The summed E-state index contributed by atoms with van der Waals surface area (Å²) in [4.78, 5) is 23.4. The standard InChI is InChI=1S/C21H30N4O3/c1-5-27-19-18(23-16-10-6-7-11-17(16)24-19)22-13-15-9-8-12-25(14-15)20(26)28-21(2,3)4/h6-7,10-11,15H,5,8-9,12-14H2,1-4H3,(H,22,23). The molecule has 1 aliphatic heterocycles. The number of benzene rings is 1. The lowest BCUT2D eigenvalue weighted by Gasteiger charge is -2.34. The van der Waals surface area contributed by atoms with Crippen molar-refractivity contribution in [2.24, 2.45) is 5.92 Å². The predicted molar refractivity (Wildman–Crippen MR) is 110 cm³/mol. The summed E-state index contributed by atoms with van der Waals surface area (Å²) in [6.07, 6.45) is 1.78. The number of amides is 1. The van der Waals surface area contributed by atoms with Gasteiger partial charge < -0.3 is 19.7 Å². The van der Waals surface area contributed by atoms with Crippen molar-refractivity contribution in [3.8, 4) is 5.88 Å². The smallest absolute Gasteiger partial charge is 0.410 e. The summed E-state index contributed by atoms with van der Waals surface area (Å²) >= 11 is 0. The van der Waals surface area contributed by atoms with Gasteiger partial charge in [0.1, 0.15) is 5.60 Å². The largest absolute Gasteiger partial charge is 0.475 e. The van der Waals surface area contributed by atoms with Crippen LogP contribution in [0.5, 0.6) is 5.88 Å². The highest BCUT2D eigenvalue weighted by Gasteiger charge is 2.27. The molecule has 2 aromatic rings. The summed E-state index contributed by atoms with van der Waals surface area (Å²) in [5.41, 5.74) is 1.16. The van der Waals surface area contributed by atoms with Gasteiger partial charge in [0.25, 0.3) is 5.88 Å². The number of hydrogen-bond acceptors (Lipinski definition) is 6. The Morgan fingerprint density at radius 3 is 2.64 bits per heavy atom. The Hall–Kier alpha value is -2.57. The molecule has 1 saturated heterocycles. The first-order valence-electron chi connectivity index (χ1n) is 9.97. The van der Waals surface area contributed by atoms with E-state index in [1.165, 1.54) is 0 Å². The predicted octanol–water partition coefficient (Wildman–Crippen LogP) is 4.09. The minimum Gasteiger partial charge on any atom is -0.475 e. The average molecular weight is 386 g/mol. The van der Waals surface area contributed by atoms with Crippen LogP contribution >= 0.6 is 0 Å². The van der Waals surface area contributed by atoms with E-state index in [1.807, 2.05) is 52.0 Å². The Bertz CT molecular complexity index is 819. The third kappa shape index (κ3) is 5.24. The Balaban J connectivity index is 1.66. The highest BCUT2D eigenvalue weighted by Crippen LogP contribution is 2.25. The maximum Gasteiger partial charge on any atom is 0.410 e. The highest BCUT2D eigenvalue weighted by atomic mass is 16.6. The fourth-order valence-corrected chi connectivity index (χ4v) is 3.30. The van der Waals surface area contributed by atoms with E-state index in [4.69, 9.17) is 9.47 Å². The monoisotopic (exact) mass is 386 g/mol. The fourth-order valence-electron chi connectivity index (χ4n) is 3.30. The Labute approximate surface area is 166 Å². The number of likely N-dealkylation sites (tertiary alicyclic amines) is 1. The fraction of sp³-hybridized carbons (Fsp3) is 0.571. The molecule has 7 nitrogen and oxygen atoms in total. The number of nitrogens with one attached hydrogen (secondary N) is 1. The van der Waals surface area contributed by atoms with E-state index in [1.54, 1.807) is 4.90 Å². The molecule has 2 heterocycles. The van der Waals surface area contributed by atoms with Gasteiger partial charge in [-0.15, -0.1) is 0 Å². The normalized spacial score (nSPS) is 17.4. The Morgan fingerprint density at radius 1 is 1.25 bits per heavy atom. The van der Waals surface area contributed by atoms with Crippen molar-refractivity contribution in [2.75, 3.05) is 31.6 Å². The van der Waals surface area contributed by atoms with Crippen LogP contribution in [-0.2, 0) is 4.74 Å². The molecule has 0 saturated carbocycles. The van der Waals surface area contributed by atoms with Crippen LogP contribution in [0.25, 0.3) is 11.0 Å². The van der Waals surface area contributed by atoms with E-state index in [-0.39, 0.29) is 6.09 Å². The number of hydrogen-bond donors (Lipinski definition) is 1. The van der Waals surface area contributed by atoms with Gasteiger partial charge >= 0.3 is 6.09 Å². The molecule has 1 unspecified atom stereocenters. The number of nitrogens with zero attached hydrogens (tertiary/aromatic N) is 3. The molecule has 152 valence electrons. The molecule has 1 atom stereocenters.